The number of hydrogen-bond acceptors (Lipinski definition) is 3. The lowest BCUT2D eigenvalue weighted by atomic mass is 10.2. The van der Waals surface area contributed by atoms with Crippen LogP contribution in [0.1, 0.15) is 8.22 Å². The lowest BCUT2D eigenvalue weighted by Gasteiger charge is -2.33. The van der Waals surface area contributed by atoms with Crippen LogP contribution in [-0.2, 0) is 0 Å². The van der Waals surface area contributed by atoms with Crippen molar-refractivity contribution >= 4 is 74.1 Å². The quantitative estimate of drug-likeness (QED) is 0.179. The van der Waals surface area contributed by atoms with Crippen molar-refractivity contribution in [3.05, 3.63) is 133 Å². The molecule has 0 amide bonds. The Hall–Kier alpha value is -6.12. The predicted molar refractivity (Wildman–Crippen MR) is 196 cm³/mol. The van der Waals surface area contributed by atoms with Gasteiger partial charge in [0.15, 0.2) is 0 Å². The second kappa shape index (κ2) is 9.02. The van der Waals surface area contributed by atoms with Crippen molar-refractivity contribution in [2.75, 3.05) is 0 Å². The van der Waals surface area contributed by atoms with Crippen LogP contribution in [0.2, 0.25) is 13.0 Å². The van der Waals surface area contributed by atoms with E-state index in [9.17, 15) is 0 Å². The first-order chi connectivity index (χ1) is 26.1. The zero-order valence-corrected chi connectivity index (χ0v) is 26.3. The van der Waals surface area contributed by atoms with E-state index in [2.05, 4.69) is 8.80 Å². The molecule has 0 radical (unpaired) electrons. The van der Waals surface area contributed by atoms with Crippen molar-refractivity contribution in [3.63, 3.8) is 0 Å². The van der Waals surface area contributed by atoms with E-state index >= 15 is 0 Å². The number of benzene rings is 6. The standard InChI is InChI=1S/C40H28N6OSi/c1-48(2)37-22-20-25(43-31-15-7-9-17-33(31)45-29-13-5-3-11-27(29)41-39(43)45)23-36(37)47-35-21-19-26(24-38(35)48)44-32-16-8-10-18-34(32)46-30-14-6-4-12-28(30)42-40(44)46/h3-24H,1-2H3/i1D3,2D3. The van der Waals surface area contributed by atoms with Crippen LogP contribution >= 0.6 is 0 Å². The molecule has 0 fully saturated rings. The molecule has 5 heterocycles. The predicted octanol–water partition coefficient (Wildman–Crippen LogP) is 8.10. The van der Waals surface area contributed by atoms with E-state index in [0.29, 0.717) is 22.9 Å². The third-order valence-electron chi connectivity index (χ3n) is 9.69. The first kappa shape index (κ1) is 20.9. The minimum absolute atomic E-state index is 0.195. The highest BCUT2D eigenvalue weighted by molar-refractivity contribution is 7.01. The Labute approximate surface area is 283 Å². The molecule has 0 N–H and O–H groups in total. The van der Waals surface area contributed by atoms with Crippen molar-refractivity contribution in [3.8, 4) is 22.9 Å². The molecule has 228 valence electrons. The fourth-order valence-corrected chi connectivity index (χ4v) is 9.54. The normalized spacial score (nSPS) is 16.3. The third kappa shape index (κ3) is 3.26. The number of nitrogens with zero attached hydrogens (tertiary/aromatic N) is 6. The van der Waals surface area contributed by atoms with Crippen LogP contribution in [0.15, 0.2) is 133 Å². The molecular formula is C40H28N6OSi. The SMILES string of the molecule is [2H]C([2H])([2H])[Si]1(C([2H])([2H])[2H])c2ccc(-n3c4ccccc4n4c5ccccc5nc34)cc2Oc2ccc(-n3c4ccccc4n4c5ccccc5nc34)cc21. The minimum Gasteiger partial charge on any atom is -0.458 e. The van der Waals surface area contributed by atoms with Gasteiger partial charge in [0.25, 0.3) is 0 Å². The first-order valence-corrected chi connectivity index (χ1v) is 17.8. The molecule has 1 aliphatic rings. The van der Waals surface area contributed by atoms with Gasteiger partial charge in [-0.3, -0.25) is 17.9 Å². The van der Waals surface area contributed by atoms with Crippen LogP contribution in [0, 0.1) is 0 Å². The molecule has 0 spiro atoms. The summed E-state index contributed by atoms with van der Waals surface area (Å²) in [5.74, 6) is 1.74. The number of aromatic nitrogens is 6. The van der Waals surface area contributed by atoms with E-state index in [1.54, 1.807) is 30.3 Å². The van der Waals surface area contributed by atoms with Crippen LogP contribution in [-0.4, -0.2) is 36.0 Å². The van der Waals surface area contributed by atoms with Gasteiger partial charge in [-0.05, 0) is 83.2 Å². The zero-order chi connectivity index (χ0) is 36.7. The molecule has 6 aromatic carbocycles. The monoisotopic (exact) mass is 642 g/mol. The molecule has 11 rings (SSSR count). The topological polar surface area (TPSA) is 53.7 Å². The summed E-state index contributed by atoms with van der Waals surface area (Å²) in [6.07, 6.45) is 0. The molecule has 10 aromatic rings. The summed E-state index contributed by atoms with van der Waals surface area (Å²) in [5, 5.41) is 0.395. The van der Waals surface area contributed by atoms with E-state index in [0.717, 1.165) is 44.1 Å². The van der Waals surface area contributed by atoms with Gasteiger partial charge in [-0.25, -0.2) is 9.97 Å². The Balaban J connectivity index is 1.16. The Morgan fingerprint density at radius 2 is 1.00 bits per heavy atom. The maximum Gasteiger partial charge on any atom is 0.220 e. The zero-order valence-electron chi connectivity index (χ0n) is 31.3. The van der Waals surface area contributed by atoms with Gasteiger partial charge >= 0.3 is 0 Å². The third-order valence-corrected chi connectivity index (χ3v) is 12.1. The molecule has 1 aliphatic heterocycles. The van der Waals surface area contributed by atoms with Crippen molar-refractivity contribution in [1.82, 2.24) is 27.9 Å². The van der Waals surface area contributed by atoms with Gasteiger partial charge in [0.1, 0.15) is 19.6 Å². The number of para-hydroxylation sites is 8. The average Bonchev–Trinajstić information content (AvgIpc) is 3.88. The fraction of sp³-hybridized carbons (Fsp3) is 0.0500. The van der Waals surface area contributed by atoms with Gasteiger partial charge in [0, 0.05) is 20.0 Å². The summed E-state index contributed by atoms with van der Waals surface area (Å²) in [5.41, 5.74) is 8.38. The van der Waals surface area contributed by atoms with Gasteiger partial charge in [-0.15, -0.1) is 0 Å². The molecule has 8 heteroatoms. The number of ether oxygens (including phenoxy) is 1. The van der Waals surface area contributed by atoms with Crippen molar-refractivity contribution < 1.29 is 13.0 Å². The number of rotatable bonds is 2. The second-order valence-corrected chi connectivity index (χ2v) is 14.9. The highest BCUT2D eigenvalue weighted by Crippen LogP contribution is 2.36. The lowest BCUT2D eigenvalue weighted by Crippen LogP contribution is -2.56. The molecule has 48 heavy (non-hydrogen) atoms. The van der Waals surface area contributed by atoms with E-state index in [-0.39, 0.29) is 21.9 Å². The lowest BCUT2D eigenvalue weighted by molar-refractivity contribution is 0.486. The first-order valence-electron chi connectivity index (χ1n) is 18.8. The summed E-state index contributed by atoms with van der Waals surface area (Å²) < 4.78 is 69.2. The maximum absolute atomic E-state index is 9.08. The molecular weight excluding hydrogens is 609 g/mol. The van der Waals surface area contributed by atoms with Gasteiger partial charge < -0.3 is 4.74 Å². The van der Waals surface area contributed by atoms with Crippen LogP contribution in [0.3, 0.4) is 0 Å². The Bertz CT molecular complexity index is 3190. The minimum atomic E-state index is -4.68. The summed E-state index contributed by atoms with van der Waals surface area (Å²) in [6, 6.07) is 42.1. The van der Waals surface area contributed by atoms with E-state index in [1.165, 1.54) is 0 Å². The largest absolute Gasteiger partial charge is 0.458 e. The molecule has 0 unspecified atom stereocenters. The van der Waals surface area contributed by atoms with E-state index in [4.69, 9.17) is 22.9 Å². The average molecular weight is 643 g/mol. The van der Waals surface area contributed by atoms with Gasteiger partial charge in [0.05, 0.1) is 49.8 Å². The Kier molecular flexibility index (Phi) is 3.93. The van der Waals surface area contributed by atoms with E-state index in [1.807, 2.05) is 112 Å². The van der Waals surface area contributed by atoms with Crippen molar-refractivity contribution in [2.45, 2.75) is 13.0 Å². The molecule has 0 aliphatic carbocycles. The summed E-state index contributed by atoms with van der Waals surface area (Å²) >= 11 is 0. The van der Waals surface area contributed by atoms with Crippen molar-refractivity contribution in [1.29, 1.82) is 0 Å². The van der Waals surface area contributed by atoms with Crippen LogP contribution < -0.4 is 15.1 Å². The molecule has 0 saturated heterocycles. The van der Waals surface area contributed by atoms with Gasteiger partial charge in [-0.1, -0.05) is 67.5 Å². The molecule has 7 nitrogen and oxygen atoms in total. The smallest absolute Gasteiger partial charge is 0.220 e. The van der Waals surface area contributed by atoms with E-state index < -0.39 is 21.0 Å². The second-order valence-electron chi connectivity index (χ2n) is 12.3. The Morgan fingerprint density at radius 3 is 1.58 bits per heavy atom. The van der Waals surface area contributed by atoms with Crippen molar-refractivity contribution in [2.24, 2.45) is 0 Å². The number of hydrogen-bond donors (Lipinski definition) is 0. The van der Waals surface area contributed by atoms with Crippen LogP contribution in [0.25, 0.3) is 67.1 Å². The molecule has 4 aromatic heterocycles. The molecule has 0 atom stereocenters. The number of imidazole rings is 4. The van der Waals surface area contributed by atoms with Gasteiger partial charge in [0.2, 0.25) is 11.6 Å². The fourth-order valence-electron chi connectivity index (χ4n) is 7.56. The highest BCUT2D eigenvalue weighted by atomic mass is 28.3. The highest BCUT2D eigenvalue weighted by Gasteiger charge is 2.37. The Morgan fingerprint density at radius 1 is 0.500 bits per heavy atom. The van der Waals surface area contributed by atoms with Crippen LogP contribution in [0.5, 0.6) is 11.5 Å². The maximum atomic E-state index is 9.08. The number of fused-ring (bicyclic) bond motifs is 12. The van der Waals surface area contributed by atoms with Crippen LogP contribution in [0.4, 0.5) is 0 Å². The summed E-state index contributed by atoms with van der Waals surface area (Å²) in [6.45, 7) is -5.76. The molecule has 0 bridgehead atoms. The molecule has 0 saturated carbocycles. The summed E-state index contributed by atoms with van der Waals surface area (Å²) in [4.78, 5) is 9.96. The summed E-state index contributed by atoms with van der Waals surface area (Å²) in [7, 11) is -4.68. The van der Waals surface area contributed by atoms with Gasteiger partial charge in [-0.2, -0.15) is 0 Å².